The lowest BCUT2D eigenvalue weighted by Gasteiger charge is -2.09. The molecule has 1 amide bonds. The van der Waals surface area contributed by atoms with E-state index in [1.54, 1.807) is 22.9 Å². The Morgan fingerprint density at radius 1 is 1.15 bits per heavy atom. The SMILES string of the molecule is NNC(=O)CCn1nnc2ccc(-c3ccc(OC(F)(F)F)cc3)cc21. The van der Waals surface area contributed by atoms with Gasteiger partial charge < -0.3 is 4.74 Å². The van der Waals surface area contributed by atoms with Gasteiger partial charge in [-0.25, -0.2) is 10.5 Å². The smallest absolute Gasteiger partial charge is 0.406 e. The van der Waals surface area contributed by atoms with Gasteiger partial charge in [0.2, 0.25) is 5.91 Å². The molecular weight excluding hydrogens is 351 g/mol. The molecule has 0 radical (unpaired) electrons. The first kappa shape index (κ1) is 17.7. The van der Waals surface area contributed by atoms with Crippen molar-refractivity contribution in [3.8, 4) is 16.9 Å². The van der Waals surface area contributed by atoms with E-state index < -0.39 is 6.36 Å². The first-order valence-corrected chi connectivity index (χ1v) is 7.54. The van der Waals surface area contributed by atoms with Crippen LogP contribution in [0.4, 0.5) is 13.2 Å². The number of rotatable bonds is 5. The van der Waals surface area contributed by atoms with Gasteiger partial charge in [-0.15, -0.1) is 18.3 Å². The van der Waals surface area contributed by atoms with Crippen LogP contribution in [-0.2, 0) is 11.3 Å². The topological polar surface area (TPSA) is 95.1 Å². The lowest BCUT2D eigenvalue weighted by molar-refractivity contribution is -0.274. The lowest BCUT2D eigenvalue weighted by atomic mass is 10.0. The van der Waals surface area contributed by atoms with E-state index in [1.165, 1.54) is 24.3 Å². The van der Waals surface area contributed by atoms with Crippen LogP contribution in [-0.4, -0.2) is 27.3 Å². The van der Waals surface area contributed by atoms with Crippen LogP contribution in [0.3, 0.4) is 0 Å². The van der Waals surface area contributed by atoms with Gasteiger partial charge in [0.25, 0.3) is 0 Å². The molecule has 7 nitrogen and oxygen atoms in total. The van der Waals surface area contributed by atoms with Gasteiger partial charge in [0.05, 0.1) is 12.1 Å². The van der Waals surface area contributed by atoms with Gasteiger partial charge in [0.1, 0.15) is 11.3 Å². The number of aryl methyl sites for hydroxylation is 1. The number of benzene rings is 2. The largest absolute Gasteiger partial charge is 0.573 e. The minimum absolute atomic E-state index is 0.142. The number of amides is 1. The number of carbonyl (C=O) groups is 1. The van der Waals surface area contributed by atoms with E-state index in [9.17, 15) is 18.0 Å². The Kier molecular flexibility index (Phi) is 4.76. The molecule has 0 unspecified atom stereocenters. The highest BCUT2D eigenvalue weighted by atomic mass is 19.4. The van der Waals surface area contributed by atoms with E-state index >= 15 is 0 Å². The first-order valence-electron chi connectivity index (χ1n) is 7.54. The van der Waals surface area contributed by atoms with Crippen LogP contribution in [0.1, 0.15) is 6.42 Å². The molecule has 136 valence electrons. The molecule has 1 aromatic heterocycles. The predicted octanol–water partition coefficient (Wildman–Crippen LogP) is 2.38. The van der Waals surface area contributed by atoms with E-state index in [2.05, 4.69) is 15.0 Å². The van der Waals surface area contributed by atoms with Gasteiger partial charge in [0.15, 0.2) is 0 Å². The molecule has 0 spiro atoms. The summed E-state index contributed by atoms with van der Waals surface area (Å²) in [4.78, 5) is 11.3. The number of nitrogens with one attached hydrogen (secondary N) is 1. The van der Waals surface area contributed by atoms with Gasteiger partial charge in [0, 0.05) is 6.42 Å². The van der Waals surface area contributed by atoms with Gasteiger partial charge in [-0.2, -0.15) is 0 Å². The maximum absolute atomic E-state index is 12.2. The number of nitrogens with two attached hydrogens (primary N) is 1. The van der Waals surface area contributed by atoms with Crippen LogP contribution in [0.5, 0.6) is 5.75 Å². The van der Waals surface area contributed by atoms with Crippen LogP contribution in [0.25, 0.3) is 22.2 Å². The highest BCUT2D eigenvalue weighted by Gasteiger charge is 2.30. The van der Waals surface area contributed by atoms with Crippen LogP contribution >= 0.6 is 0 Å². The van der Waals surface area contributed by atoms with Crippen molar-refractivity contribution in [1.82, 2.24) is 20.4 Å². The van der Waals surface area contributed by atoms with Crippen molar-refractivity contribution in [3.63, 3.8) is 0 Å². The summed E-state index contributed by atoms with van der Waals surface area (Å²) in [6.07, 6.45) is -4.59. The Morgan fingerprint density at radius 3 is 2.50 bits per heavy atom. The van der Waals surface area contributed by atoms with Crippen molar-refractivity contribution in [1.29, 1.82) is 0 Å². The lowest BCUT2D eigenvalue weighted by Crippen LogP contribution is -2.30. The summed E-state index contributed by atoms with van der Waals surface area (Å²) < 4.78 is 42.1. The number of hydrogen-bond acceptors (Lipinski definition) is 5. The van der Waals surface area contributed by atoms with E-state index in [0.29, 0.717) is 23.1 Å². The molecule has 0 bridgehead atoms. The van der Waals surface area contributed by atoms with Crippen LogP contribution < -0.4 is 16.0 Å². The molecule has 0 aliphatic rings. The summed E-state index contributed by atoms with van der Waals surface area (Å²) in [6.45, 7) is 0.293. The average Bonchev–Trinajstić information content (AvgIpc) is 3.01. The summed E-state index contributed by atoms with van der Waals surface area (Å²) in [5.41, 5.74) is 4.85. The molecule has 1 heterocycles. The zero-order chi connectivity index (χ0) is 18.7. The number of carbonyl (C=O) groups excluding carboxylic acids is 1. The second kappa shape index (κ2) is 7.00. The fourth-order valence-electron chi connectivity index (χ4n) is 2.44. The van der Waals surface area contributed by atoms with Crippen LogP contribution in [0.15, 0.2) is 42.5 Å². The van der Waals surface area contributed by atoms with E-state index in [1.807, 2.05) is 5.43 Å². The van der Waals surface area contributed by atoms with E-state index in [-0.39, 0.29) is 18.1 Å². The zero-order valence-corrected chi connectivity index (χ0v) is 13.3. The normalized spacial score (nSPS) is 11.5. The van der Waals surface area contributed by atoms with Gasteiger partial charge in [-0.05, 0) is 35.4 Å². The molecule has 2 aromatic carbocycles. The van der Waals surface area contributed by atoms with E-state index in [4.69, 9.17) is 5.84 Å². The average molecular weight is 365 g/mol. The molecule has 0 saturated carbocycles. The quantitative estimate of drug-likeness (QED) is 0.411. The second-order valence-electron chi connectivity index (χ2n) is 5.41. The molecule has 10 heteroatoms. The van der Waals surface area contributed by atoms with Gasteiger partial charge in [-0.3, -0.25) is 10.2 Å². The third-order valence-corrected chi connectivity index (χ3v) is 3.65. The summed E-state index contributed by atoms with van der Waals surface area (Å²) in [6, 6.07) is 10.9. The van der Waals surface area contributed by atoms with Crippen molar-refractivity contribution in [2.75, 3.05) is 0 Å². The zero-order valence-electron chi connectivity index (χ0n) is 13.3. The molecular formula is C16H14F3N5O2. The molecule has 0 aliphatic carbocycles. The molecule has 0 saturated heterocycles. The number of hydrazine groups is 1. The van der Waals surface area contributed by atoms with E-state index in [0.717, 1.165) is 5.56 Å². The Bertz CT molecular complexity index is 922. The Hall–Kier alpha value is -3.14. The fourth-order valence-corrected chi connectivity index (χ4v) is 2.44. The standard InChI is InChI=1S/C16H14F3N5O2/c17-16(18,19)26-12-4-1-10(2-5-12)11-3-6-13-14(9-11)24(23-22-13)8-7-15(25)21-20/h1-6,9H,7-8,20H2,(H,21,25). The van der Waals surface area contributed by atoms with Gasteiger partial charge >= 0.3 is 6.36 Å². The summed E-state index contributed by atoms with van der Waals surface area (Å²) in [5.74, 6) is 4.43. The Morgan fingerprint density at radius 2 is 1.85 bits per heavy atom. The predicted molar refractivity (Wildman–Crippen MR) is 86.6 cm³/mol. The van der Waals surface area contributed by atoms with Crippen molar-refractivity contribution in [2.24, 2.45) is 5.84 Å². The number of alkyl halides is 3. The highest BCUT2D eigenvalue weighted by molar-refractivity contribution is 5.82. The fraction of sp³-hybridized carbons (Fsp3) is 0.188. The third-order valence-electron chi connectivity index (χ3n) is 3.65. The maximum atomic E-state index is 12.2. The number of aromatic nitrogens is 3. The molecule has 26 heavy (non-hydrogen) atoms. The molecule has 3 N–H and O–H groups in total. The number of ether oxygens (including phenoxy) is 1. The second-order valence-corrected chi connectivity index (χ2v) is 5.41. The monoisotopic (exact) mass is 365 g/mol. The maximum Gasteiger partial charge on any atom is 0.573 e. The molecule has 3 aromatic rings. The van der Waals surface area contributed by atoms with Crippen molar-refractivity contribution in [2.45, 2.75) is 19.3 Å². The minimum atomic E-state index is -4.73. The molecule has 0 aliphatic heterocycles. The first-order chi connectivity index (χ1) is 12.4. The Labute approximate surface area is 145 Å². The minimum Gasteiger partial charge on any atom is -0.406 e. The Balaban J connectivity index is 1.85. The summed E-state index contributed by atoms with van der Waals surface area (Å²) in [7, 11) is 0. The molecule has 0 atom stereocenters. The number of fused-ring (bicyclic) bond motifs is 1. The summed E-state index contributed by atoms with van der Waals surface area (Å²) in [5, 5.41) is 8.01. The van der Waals surface area contributed by atoms with Crippen LogP contribution in [0, 0.1) is 0 Å². The number of halogens is 3. The van der Waals surface area contributed by atoms with Crippen molar-refractivity contribution in [3.05, 3.63) is 42.5 Å². The highest BCUT2D eigenvalue weighted by Crippen LogP contribution is 2.28. The number of nitrogens with zero attached hydrogens (tertiary/aromatic N) is 3. The van der Waals surface area contributed by atoms with Gasteiger partial charge in [-0.1, -0.05) is 23.4 Å². The number of hydrogen-bond donors (Lipinski definition) is 2. The van der Waals surface area contributed by atoms with Crippen molar-refractivity contribution < 1.29 is 22.7 Å². The summed E-state index contributed by atoms with van der Waals surface area (Å²) >= 11 is 0. The van der Waals surface area contributed by atoms with Crippen molar-refractivity contribution >= 4 is 16.9 Å². The third kappa shape index (κ3) is 4.09. The van der Waals surface area contributed by atoms with Crippen LogP contribution in [0.2, 0.25) is 0 Å². The molecule has 0 fully saturated rings. The molecule has 3 rings (SSSR count).